The molecule has 0 aliphatic carbocycles. The van der Waals surface area contributed by atoms with Gasteiger partial charge in [0.15, 0.2) is 0 Å². The van der Waals surface area contributed by atoms with Crippen LogP contribution in [0.25, 0.3) is 0 Å². The maximum Gasteiger partial charge on any atom is 0.306 e. The molecule has 0 aliphatic rings. The number of esters is 1. The van der Waals surface area contributed by atoms with Crippen molar-refractivity contribution in [2.24, 2.45) is 23.1 Å². The van der Waals surface area contributed by atoms with Crippen LogP contribution in [0.4, 0.5) is 11.4 Å². The van der Waals surface area contributed by atoms with Crippen molar-refractivity contribution in [3.8, 4) is 0 Å². The fourth-order valence-electron chi connectivity index (χ4n) is 7.17. The highest BCUT2D eigenvalue weighted by molar-refractivity contribution is 5.95. The standard InChI is InChI=1S/C29H41N3O5.C23H32N4O3/c1-29(2,3)37-27(35)18-23(17-21-9-5-4-6-10-21)19-31-25(11-7-8-12-26(30)34)28(36)32-24-15-13-22(20-33)14-16-24;24-19(14-17-6-2-1-3-7-17)15-26-21(8-4-5-9-22(25)29)23(30)27-20-12-10-18(16-28)11-13-20/h4-6,9-10,13-16,23,25,31,33H,7-8,11-12,17-20H2,1-3H3,(H2,30,34)(H,32,36);1-3,6-7,10-13,19,21,26,28H,4-5,8-9,14-16,24H2,(H2,25,29)(H,27,30)/t23-,25+;19-,21-/m10/s1. The summed E-state index contributed by atoms with van der Waals surface area (Å²) < 4.78 is 5.55. The second-order valence-electron chi connectivity index (χ2n) is 17.8. The molecule has 4 aromatic rings. The summed E-state index contributed by atoms with van der Waals surface area (Å²) in [5.74, 6) is -1.41. The van der Waals surface area contributed by atoms with Gasteiger partial charge in [0.05, 0.1) is 25.3 Å². The fourth-order valence-corrected chi connectivity index (χ4v) is 7.17. The number of carbonyl (C=O) groups excluding carboxylic acids is 5. The molecule has 4 aromatic carbocycles. The first kappa shape index (κ1) is 55.4. The van der Waals surface area contributed by atoms with Crippen LogP contribution in [0.1, 0.15) is 101 Å². The number of amides is 4. The normalized spacial score (nSPS) is 12.9. The molecule has 0 unspecified atom stereocenters. The number of benzene rings is 4. The van der Waals surface area contributed by atoms with E-state index in [0.717, 1.165) is 22.3 Å². The van der Waals surface area contributed by atoms with E-state index in [0.29, 0.717) is 82.3 Å². The molecule has 15 nitrogen and oxygen atoms in total. The van der Waals surface area contributed by atoms with Crippen molar-refractivity contribution in [3.05, 3.63) is 131 Å². The minimum absolute atomic E-state index is 0.0441. The maximum atomic E-state index is 13.2. The molecule has 0 saturated carbocycles. The Hall–Kier alpha value is -5.97. The molecule has 0 aliphatic heterocycles. The highest BCUT2D eigenvalue weighted by Crippen LogP contribution is 2.18. The first-order chi connectivity index (χ1) is 32.0. The summed E-state index contributed by atoms with van der Waals surface area (Å²) in [5.41, 5.74) is 21.2. The summed E-state index contributed by atoms with van der Waals surface area (Å²) >= 11 is 0. The smallest absolute Gasteiger partial charge is 0.306 e. The van der Waals surface area contributed by atoms with Gasteiger partial charge in [-0.2, -0.15) is 0 Å². The molecule has 12 N–H and O–H groups in total. The zero-order valence-electron chi connectivity index (χ0n) is 39.4. The predicted molar refractivity (Wildman–Crippen MR) is 263 cm³/mol. The van der Waals surface area contributed by atoms with Gasteiger partial charge in [0, 0.05) is 43.2 Å². The Bertz CT molecular complexity index is 2060. The number of anilines is 2. The Labute approximate surface area is 396 Å². The van der Waals surface area contributed by atoms with Crippen LogP contribution in [0.5, 0.6) is 0 Å². The Morgan fingerprint density at radius 3 is 1.39 bits per heavy atom. The Balaban J connectivity index is 0.000000363. The maximum absolute atomic E-state index is 13.2. The minimum Gasteiger partial charge on any atom is -0.460 e. The van der Waals surface area contributed by atoms with E-state index in [1.807, 2.05) is 81.4 Å². The molecular formula is C52H73N7O8. The largest absolute Gasteiger partial charge is 0.460 e. The monoisotopic (exact) mass is 924 g/mol. The van der Waals surface area contributed by atoms with Gasteiger partial charge in [0.2, 0.25) is 23.6 Å². The molecule has 0 heterocycles. The third kappa shape index (κ3) is 24.4. The van der Waals surface area contributed by atoms with E-state index in [2.05, 4.69) is 21.3 Å². The summed E-state index contributed by atoms with van der Waals surface area (Å²) in [4.78, 5) is 60.7. The Morgan fingerprint density at radius 1 is 0.567 bits per heavy atom. The van der Waals surface area contributed by atoms with Crippen molar-refractivity contribution in [3.63, 3.8) is 0 Å². The van der Waals surface area contributed by atoms with E-state index in [9.17, 15) is 29.1 Å². The van der Waals surface area contributed by atoms with Crippen molar-refractivity contribution in [2.45, 2.75) is 128 Å². The number of nitrogens with two attached hydrogens (primary N) is 3. The van der Waals surface area contributed by atoms with Crippen molar-refractivity contribution in [1.29, 1.82) is 0 Å². The number of rotatable bonds is 28. The van der Waals surface area contributed by atoms with Crippen LogP contribution in [0.2, 0.25) is 0 Å². The second kappa shape index (κ2) is 30.3. The van der Waals surface area contributed by atoms with Crippen molar-refractivity contribution in [2.75, 3.05) is 23.7 Å². The van der Waals surface area contributed by atoms with Crippen LogP contribution in [-0.4, -0.2) is 76.6 Å². The topological polar surface area (TPSA) is 261 Å². The van der Waals surface area contributed by atoms with Gasteiger partial charge in [0.1, 0.15) is 5.60 Å². The molecule has 0 bridgehead atoms. The van der Waals surface area contributed by atoms with Crippen LogP contribution in [0.3, 0.4) is 0 Å². The van der Waals surface area contributed by atoms with E-state index >= 15 is 0 Å². The highest BCUT2D eigenvalue weighted by atomic mass is 16.6. The summed E-state index contributed by atoms with van der Waals surface area (Å²) in [6, 6.07) is 32.9. The molecule has 4 atom stereocenters. The number of carbonyl (C=O) groups is 5. The molecule has 0 saturated heterocycles. The number of aliphatic hydroxyl groups is 2. The number of nitrogens with one attached hydrogen (secondary N) is 4. The summed E-state index contributed by atoms with van der Waals surface area (Å²) in [6.07, 6.45) is 5.84. The summed E-state index contributed by atoms with van der Waals surface area (Å²) in [7, 11) is 0. The van der Waals surface area contributed by atoms with Crippen LogP contribution in [-0.2, 0) is 54.8 Å². The molecule has 0 aromatic heterocycles. The van der Waals surface area contributed by atoms with Gasteiger partial charge in [-0.15, -0.1) is 0 Å². The summed E-state index contributed by atoms with van der Waals surface area (Å²) in [5, 5.41) is 30.9. The Morgan fingerprint density at radius 2 is 0.985 bits per heavy atom. The SMILES string of the molecule is CC(C)(C)OC(=O)C[C@H](CN[C@@H](CCCCC(N)=O)C(=O)Nc1ccc(CO)cc1)Cc1ccccc1.NC(=O)CCCC[C@H](NC[C@@H](N)Cc1ccccc1)C(=O)Nc1ccc(CO)cc1. The number of unbranched alkanes of at least 4 members (excludes halogenated alkanes) is 2. The average Bonchev–Trinajstić information content (AvgIpc) is 3.29. The van der Waals surface area contributed by atoms with E-state index in [1.165, 1.54) is 0 Å². The quantitative estimate of drug-likeness (QED) is 0.0257. The van der Waals surface area contributed by atoms with Crippen LogP contribution in [0, 0.1) is 5.92 Å². The first-order valence-electron chi connectivity index (χ1n) is 23.1. The minimum atomic E-state index is -0.573. The van der Waals surface area contributed by atoms with Crippen LogP contribution in [0.15, 0.2) is 109 Å². The van der Waals surface area contributed by atoms with Crippen molar-refractivity contribution >= 4 is 41.0 Å². The van der Waals surface area contributed by atoms with Crippen molar-refractivity contribution in [1.82, 2.24) is 10.6 Å². The van der Waals surface area contributed by atoms with Crippen LogP contribution >= 0.6 is 0 Å². The number of aliphatic hydroxyl groups excluding tert-OH is 2. The molecule has 4 amide bonds. The van der Waals surface area contributed by atoms with Gasteiger partial charge in [-0.1, -0.05) is 97.8 Å². The predicted octanol–water partition coefficient (Wildman–Crippen LogP) is 5.40. The lowest BCUT2D eigenvalue weighted by Crippen LogP contribution is -2.46. The van der Waals surface area contributed by atoms with Crippen LogP contribution < -0.4 is 38.5 Å². The lowest BCUT2D eigenvalue weighted by molar-refractivity contribution is -0.156. The Kier molecular flexibility index (Phi) is 25.1. The molecule has 0 radical (unpaired) electrons. The number of primary amides is 2. The lowest BCUT2D eigenvalue weighted by atomic mass is 9.95. The number of hydrogen-bond donors (Lipinski definition) is 9. The van der Waals surface area contributed by atoms with Gasteiger partial charge < -0.3 is 53.4 Å². The van der Waals surface area contributed by atoms with E-state index < -0.39 is 17.7 Å². The van der Waals surface area contributed by atoms with E-state index in [-0.39, 0.29) is 67.6 Å². The molecule has 4 rings (SSSR count). The molecule has 67 heavy (non-hydrogen) atoms. The van der Waals surface area contributed by atoms with Gasteiger partial charge in [0.25, 0.3) is 0 Å². The molecule has 364 valence electrons. The van der Waals surface area contributed by atoms with Gasteiger partial charge in [-0.3, -0.25) is 24.0 Å². The zero-order valence-corrected chi connectivity index (χ0v) is 39.4. The average molecular weight is 924 g/mol. The molecule has 0 spiro atoms. The molecular weight excluding hydrogens is 851 g/mol. The lowest BCUT2D eigenvalue weighted by Gasteiger charge is -2.25. The van der Waals surface area contributed by atoms with Crippen molar-refractivity contribution < 1.29 is 38.9 Å². The number of hydrogen-bond acceptors (Lipinski definition) is 11. The number of ether oxygens (including phenoxy) is 1. The van der Waals surface area contributed by atoms with Gasteiger partial charge in [-0.25, -0.2) is 0 Å². The fraction of sp³-hybridized carbons (Fsp3) is 0.442. The summed E-state index contributed by atoms with van der Waals surface area (Å²) in [6.45, 7) is 6.34. The highest BCUT2D eigenvalue weighted by Gasteiger charge is 2.25. The first-order valence-corrected chi connectivity index (χ1v) is 23.1. The zero-order chi connectivity index (χ0) is 49.0. The second-order valence-corrected chi connectivity index (χ2v) is 17.8. The van der Waals surface area contributed by atoms with Gasteiger partial charge >= 0.3 is 5.97 Å². The molecule has 0 fully saturated rings. The third-order valence-corrected chi connectivity index (χ3v) is 10.6. The third-order valence-electron chi connectivity index (χ3n) is 10.6. The van der Waals surface area contributed by atoms with Gasteiger partial charge in [-0.05, 0) is 118 Å². The van der Waals surface area contributed by atoms with E-state index in [1.54, 1.807) is 48.5 Å². The van der Waals surface area contributed by atoms with E-state index in [4.69, 9.17) is 27.0 Å². The molecule has 15 heteroatoms.